The predicted octanol–water partition coefficient (Wildman–Crippen LogP) is 2.33. The third-order valence-electron chi connectivity index (χ3n) is 6.95. The van der Waals surface area contributed by atoms with Crippen molar-refractivity contribution in [3.05, 3.63) is 77.6 Å². The predicted molar refractivity (Wildman–Crippen MR) is 159 cm³/mol. The first kappa shape index (κ1) is 33.4. The number of aliphatic hydroxyl groups excluding tert-OH is 1. The van der Waals surface area contributed by atoms with Crippen LogP contribution in [0.4, 0.5) is 4.39 Å². The molecule has 3 atom stereocenters. The van der Waals surface area contributed by atoms with Gasteiger partial charge in [-0.15, -0.1) is 0 Å². The average Bonchev–Trinajstić information content (AvgIpc) is 3.49. The summed E-state index contributed by atoms with van der Waals surface area (Å²) in [6.45, 7) is 6.96. The van der Waals surface area contributed by atoms with Gasteiger partial charge in [0, 0.05) is 17.5 Å². The van der Waals surface area contributed by atoms with E-state index < -0.39 is 53.1 Å². The van der Waals surface area contributed by atoms with E-state index in [4.69, 9.17) is 10.5 Å². The molecule has 1 heterocycles. The lowest BCUT2D eigenvalue weighted by Gasteiger charge is -2.41. The van der Waals surface area contributed by atoms with Crippen LogP contribution in [-0.4, -0.2) is 55.8 Å². The van der Waals surface area contributed by atoms with E-state index in [0.29, 0.717) is 11.1 Å². The number of hydrogen-bond acceptors (Lipinski definition) is 8. The molecular formula is C31H36FN7O5. The van der Waals surface area contributed by atoms with Crippen LogP contribution < -0.4 is 21.1 Å². The Morgan fingerprint density at radius 2 is 1.95 bits per heavy atom. The van der Waals surface area contributed by atoms with E-state index in [0.717, 1.165) is 0 Å². The number of aryl methyl sites for hydroxylation is 1. The number of benzene rings is 2. The van der Waals surface area contributed by atoms with Gasteiger partial charge in [-0.25, -0.2) is 14.1 Å². The number of primary amides is 1. The van der Waals surface area contributed by atoms with Crippen LogP contribution in [0.2, 0.25) is 0 Å². The molecule has 3 amide bonds. The minimum atomic E-state index is -2.31. The second-order valence-corrected chi connectivity index (χ2v) is 11.3. The van der Waals surface area contributed by atoms with Crippen LogP contribution in [0, 0.1) is 35.4 Å². The molecule has 0 saturated carbocycles. The minimum absolute atomic E-state index is 0.173. The van der Waals surface area contributed by atoms with E-state index in [-0.39, 0.29) is 23.6 Å². The number of ether oxygens (including phenoxy) is 1. The van der Waals surface area contributed by atoms with Crippen LogP contribution in [0.15, 0.2) is 55.1 Å². The monoisotopic (exact) mass is 605 g/mol. The summed E-state index contributed by atoms with van der Waals surface area (Å²) in [5, 5.41) is 29.5. The van der Waals surface area contributed by atoms with E-state index in [9.17, 15) is 29.1 Å². The number of carbonyl (C=O) groups is 3. The SMILES string of the molecule is Cc1ccc(CNC(=O)[C@H](COc2cccc(C=C(C#N)n3cncn3)c2)C(NC(=O)C(C)(C)C)(C(N)=O)C(C)O)c(F)c1. The van der Waals surface area contributed by atoms with Gasteiger partial charge in [-0.3, -0.25) is 14.4 Å². The molecule has 1 aromatic heterocycles. The van der Waals surface area contributed by atoms with Crippen molar-refractivity contribution in [3.63, 3.8) is 0 Å². The number of amides is 3. The second kappa shape index (κ2) is 13.9. The molecule has 0 fully saturated rings. The Balaban J connectivity index is 1.99. The molecule has 0 saturated heterocycles. The lowest BCUT2D eigenvalue weighted by molar-refractivity contribution is -0.149. The summed E-state index contributed by atoms with van der Waals surface area (Å²) in [5.74, 6) is -4.51. The highest BCUT2D eigenvalue weighted by Crippen LogP contribution is 2.28. The summed E-state index contributed by atoms with van der Waals surface area (Å²) in [7, 11) is 0. The van der Waals surface area contributed by atoms with E-state index >= 15 is 0 Å². The maximum atomic E-state index is 14.5. The van der Waals surface area contributed by atoms with Gasteiger partial charge < -0.3 is 26.2 Å². The van der Waals surface area contributed by atoms with Crippen molar-refractivity contribution in [1.82, 2.24) is 25.4 Å². The Morgan fingerprint density at radius 1 is 1.23 bits per heavy atom. The summed E-state index contributed by atoms with van der Waals surface area (Å²) < 4.78 is 21.8. The zero-order valence-electron chi connectivity index (χ0n) is 25.2. The number of hydrogen-bond donors (Lipinski definition) is 4. The smallest absolute Gasteiger partial charge is 0.246 e. The van der Waals surface area contributed by atoms with Gasteiger partial charge in [0.25, 0.3) is 0 Å². The van der Waals surface area contributed by atoms with Crippen molar-refractivity contribution in [1.29, 1.82) is 5.26 Å². The van der Waals surface area contributed by atoms with Crippen molar-refractivity contribution >= 4 is 29.5 Å². The van der Waals surface area contributed by atoms with Crippen LogP contribution in [-0.2, 0) is 20.9 Å². The number of nitrogens with zero attached hydrogens (tertiary/aromatic N) is 4. The number of nitrogens with two attached hydrogens (primary N) is 1. The van der Waals surface area contributed by atoms with Gasteiger partial charge in [-0.2, -0.15) is 10.4 Å². The molecule has 44 heavy (non-hydrogen) atoms. The van der Waals surface area contributed by atoms with Crippen LogP contribution >= 0.6 is 0 Å². The summed E-state index contributed by atoms with van der Waals surface area (Å²) in [6.07, 6.45) is 2.55. The summed E-state index contributed by atoms with van der Waals surface area (Å²) in [6, 6.07) is 13.0. The van der Waals surface area contributed by atoms with Gasteiger partial charge in [0.15, 0.2) is 5.54 Å². The van der Waals surface area contributed by atoms with Crippen LogP contribution in [0.1, 0.15) is 44.4 Å². The largest absolute Gasteiger partial charge is 0.493 e. The Morgan fingerprint density at radius 3 is 2.52 bits per heavy atom. The molecule has 0 bridgehead atoms. The van der Waals surface area contributed by atoms with Crippen molar-refractivity contribution < 1.29 is 28.6 Å². The molecule has 0 aliphatic rings. The summed E-state index contributed by atoms with van der Waals surface area (Å²) in [4.78, 5) is 43.8. The van der Waals surface area contributed by atoms with Gasteiger partial charge in [0.05, 0.1) is 6.10 Å². The fourth-order valence-electron chi connectivity index (χ4n) is 4.33. The van der Waals surface area contributed by atoms with E-state index in [1.807, 2.05) is 6.07 Å². The van der Waals surface area contributed by atoms with Crippen LogP contribution in [0.5, 0.6) is 5.75 Å². The van der Waals surface area contributed by atoms with Crippen LogP contribution in [0.25, 0.3) is 11.8 Å². The zero-order valence-corrected chi connectivity index (χ0v) is 25.2. The fraction of sp³-hybridized carbons (Fsp3) is 0.355. The Labute approximate surface area is 254 Å². The van der Waals surface area contributed by atoms with Crippen molar-refractivity contribution in [2.45, 2.75) is 52.8 Å². The molecule has 12 nitrogen and oxygen atoms in total. The molecule has 232 valence electrons. The molecule has 0 radical (unpaired) electrons. The van der Waals surface area contributed by atoms with Gasteiger partial charge >= 0.3 is 0 Å². The average molecular weight is 606 g/mol. The standard InChI is InChI=1S/C31H36FN7O5/c1-19-9-10-22(26(32)11-19)15-36-27(41)25(31(20(2)40,28(34)42)38-29(43)30(3,4)5)16-44-24-8-6-7-21(13-24)12-23(14-33)39-18-35-17-37-39/h6-13,17-18,20,25,40H,15-16H2,1-5H3,(H2,34,42)(H,36,41)(H,38,43)/t20?,25-,31?/m0/s1. The lowest BCUT2D eigenvalue weighted by atomic mass is 9.77. The molecule has 13 heteroatoms. The third-order valence-corrected chi connectivity index (χ3v) is 6.95. The highest BCUT2D eigenvalue weighted by molar-refractivity contribution is 5.98. The van der Waals surface area contributed by atoms with Gasteiger partial charge in [-0.1, -0.05) is 45.0 Å². The lowest BCUT2D eigenvalue weighted by Crippen LogP contribution is -2.72. The van der Waals surface area contributed by atoms with Crippen molar-refractivity contribution in [2.75, 3.05) is 6.61 Å². The maximum Gasteiger partial charge on any atom is 0.246 e. The molecule has 0 aliphatic heterocycles. The number of aliphatic hydroxyl groups is 1. The number of halogens is 1. The molecule has 0 aliphatic carbocycles. The Kier molecular flexibility index (Phi) is 10.6. The van der Waals surface area contributed by atoms with Gasteiger partial charge in [0.1, 0.15) is 48.5 Å². The van der Waals surface area contributed by atoms with Crippen molar-refractivity contribution in [3.8, 4) is 11.8 Å². The number of nitrogens with one attached hydrogen (secondary N) is 2. The second-order valence-electron chi connectivity index (χ2n) is 11.3. The van der Waals surface area contributed by atoms with Gasteiger partial charge in [0.2, 0.25) is 17.7 Å². The number of nitriles is 1. The van der Waals surface area contributed by atoms with E-state index in [1.54, 1.807) is 58.0 Å². The first-order valence-corrected chi connectivity index (χ1v) is 13.7. The molecule has 3 rings (SSSR count). The van der Waals surface area contributed by atoms with Crippen LogP contribution in [0.3, 0.4) is 0 Å². The summed E-state index contributed by atoms with van der Waals surface area (Å²) >= 11 is 0. The molecule has 0 spiro atoms. The first-order valence-electron chi connectivity index (χ1n) is 13.7. The fourth-order valence-corrected chi connectivity index (χ4v) is 4.33. The number of allylic oxidation sites excluding steroid dienone is 1. The van der Waals surface area contributed by atoms with E-state index in [1.165, 1.54) is 42.5 Å². The van der Waals surface area contributed by atoms with E-state index in [2.05, 4.69) is 20.7 Å². The molecule has 5 N–H and O–H groups in total. The molecular weight excluding hydrogens is 569 g/mol. The molecule has 2 aromatic carbocycles. The normalized spacial score (nSPS) is 14.5. The summed E-state index contributed by atoms with van der Waals surface area (Å²) in [5.41, 5.74) is 4.06. The highest BCUT2D eigenvalue weighted by atomic mass is 19.1. The maximum absolute atomic E-state index is 14.5. The quantitative estimate of drug-likeness (QED) is 0.227. The Bertz CT molecular complexity index is 1570. The third kappa shape index (κ3) is 7.84. The minimum Gasteiger partial charge on any atom is -0.493 e. The molecule has 3 aromatic rings. The number of aromatic nitrogens is 3. The number of carbonyl (C=O) groups excluding carboxylic acids is 3. The van der Waals surface area contributed by atoms with Crippen molar-refractivity contribution in [2.24, 2.45) is 17.1 Å². The molecule has 2 unspecified atom stereocenters. The van der Waals surface area contributed by atoms with Gasteiger partial charge in [-0.05, 0) is 49.2 Å². The Hall–Kier alpha value is -5.09. The highest BCUT2D eigenvalue weighted by Gasteiger charge is 2.54. The topological polar surface area (TPSA) is 185 Å². The zero-order chi connectivity index (χ0) is 32.7. The number of rotatable bonds is 12. The first-order chi connectivity index (χ1) is 20.7.